The van der Waals surface area contributed by atoms with Crippen LogP contribution in [0.15, 0.2) is 52.8 Å². The molecule has 0 saturated carbocycles. The molecule has 0 amide bonds. The molecule has 3 rings (SSSR count). The summed E-state index contributed by atoms with van der Waals surface area (Å²) in [5, 5.41) is 0. The molecule has 0 spiro atoms. The van der Waals surface area contributed by atoms with E-state index in [9.17, 15) is 0 Å². The van der Waals surface area contributed by atoms with Crippen molar-refractivity contribution in [3.05, 3.63) is 53.5 Å². The molecule has 1 unspecified atom stereocenters. The largest absolute Gasteiger partial charge is 0.286 e. The van der Waals surface area contributed by atoms with Crippen molar-refractivity contribution in [1.29, 1.82) is 0 Å². The molecule has 86 valence electrons. The normalized spacial score (nSPS) is 22.8. The molecule has 0 aromatic carbocycles. The third kappa shape index (κ3) is 1.82. The van der Waals surface area contributed by atoms with Crippen LogP contribution in [0.3, 0.4) is 0 Å². The van der Waals surface area contributed by atoms with Crippen LogP contribution in [0.2, 0.25) is 0 Å². The van der Waals surface area contributed by atoms with Crippen molar-refractivity contribution in [3.63, 3.8) is 0 Å². The van der Waals surface area contributed by atoms with Crippen molar-refractivity contribution in [2.45, 2.75) is 12.8 Å². The third-order valence-electron chi connectivity index (χ3n) is 3.03. The lowest BCUT2D eigenvalue weighted by Gasteiger charge is -2.20. The summed E-state index contributed by atoms with van der Waals surface area (Å²) in [7, 11) is 0. The number of fused-ring (bicyclic) bond motifs is 1. The molecule has 1 aliphatic carbocycles. The molecule has 1 aromatic rings. The van der Waals surface area contributed by atoms with E-state index >= 15 is 0 Å². The first kappa shape index (κ1) is 10.7. The van der Waals surface area contributed by atoms with Crippen molar-refractivity contribution < 1.29 is 0 Å². The van der Waals surface area contributed by atoms with E-state index in [2.05, 4.69) is 51.3 Å². The number of hydrogen-bond donors (Lipinski definition) is 0. The number of halogens is 1. The Balaban J connectivity index is 2.02. The highest BCUT2D eigenvalue weighted by Gasteiger charge is 2.26. The van der Waals surface area contributed by atoms with Gasteiger partial charge in [-0.15, -0.1) is 0 Å². The molecule has 1 aliphatic heterocycles. The smallest absolute Gasteiger partial charge is 0.121 e. The minimum atomic E-state index is 0.239. The second kappa shape index (κ2) is 4.11. The second-order valence-corrected chi connectivity index (χ2v) is 5.05. The highest BCUT2D eigenvalue weighted by Crippen LogP contribution is 2.32. The Hall–Kier alpha value is -1.42. The van der Waals surface area contributed by atoms with Crippen molar-refractivity contribution in [1.82, 2.24) is 8.91 Å². The summed E-state index contributed by atoms with van der Waals surface area (Å²) in [6, 6.07) is 6.02. The summed E-state index contributed by atoms with van der Waals surface area (Å²) >= 11 is 3.51. The zero-order chi connectivity index (χ0) is 11.8. The topological polar surface area (TPSA) is 28.5 Å². The van der Waals surface area contributed by atoms with Gasteiger partial charge in [-0.2, -0.15) is 0 Å². The number of hydrogen-bond acceptors (Lipinski definition) is 3. The minimum Gasteiger partial charge on any atom is -0.286 e. The van der Waals surface area contributed by atoms with Gasteiger partial charge in [-0.05, 0) is 30.7 Å². The van der Waals surface area contributed by atoms with Crippen molar-refractivity contribution in [2.75, 3.05) is 6.67 Å². The average Bonchev–Trinajstić information content (AvgIpc) is 2.73. The van der Waals surface area contributed by atoms with Gasteiger partial charge >= 0.3 is 0 Å². The first-order valence-electron chi connectivity index (χ1n) is 5.55. The Bertz CT molecular complexity index is 531. The number of nitrogens with zero attached hydrogens (tertiary/aromatic N) is 3. The summed E-state index contributed by atoms with van der Waals surface area (Å²) in [5.41, 5.74) is 4.54. The first-order valence-corrected chi connectivity index (χ1v) is 6.26. The fraction of sp³-hybridized carbons (Fsp3) is 0.231. The van der Waals surface area contributed by atoms with Gasteiger partial charge in [0.1, 0.15) is 6.67 Å². The van der Waals surface area contributed by atoms with Gasteiger partial charge in [0, 0.05) is 12.1 Å². The van der Waals surface area contributed by atoms with E-state index in [0.29, 0.717) is 6.67 Å². The van der Waals surface area contributed by atoms with Gasteiger partial charge in [-0.25, -0.2) is 0 Å². The summed E-state index contributed by atoms with van der Waals surface area (Å²) in [6.45, 7) is 2.79. The monoisotopic (exact) mass is 289 g/mol. The van der Waals surface area contributed by atoms with Crippen LogP contribution in [0.4, 0.5) is 0 Å². The SMILES string of the molecule is CC1=CC(c2ccccn2)C=C2C1=NCN2Br. The van der Waals surface area contributed by atoms with Gasteiger partial charge < -0.3 is 0 Å². The van der Waals surface area contributed by atoms with E-state index in [0.717, 1.165) is 17.1 Å². The van der Waals surface area contributed by atoms with E-state index in [1.165, 1.54) is 5.57 Å². The molecule has 1 aromatic heterocycles. The molecule has 2 aliphatic rings. The standard InChI is InChI=1S/C13H12BrN3/c1-9-6-10(11-4-2-3-5-15-11)7-12-13(9)16-8-17(12)14/h2-7,10H,8H2,1H3. The van der Waals surface area contributed by atoms with E-state index in [1.54, 1.807) is 0 Å². The molecule has 17 heavy (non-hydrogen) atoms. The fourth-order valence-corrected chi connectivity index (χ4v) is 2.60. The number of allylic oxidation sites excluding steroid dienone is 3. The van der Waals surface area contributed by atoms with Gasteiger partial charge in [-0.3, -0.25) is 13.9 Å². The molecule has 0 fully saturated rings. The predicted octanol–water partition coefficient (Wildman–Crippen LogP) is 3.03. The lowest BCUT2D eigenvalue weighted by atomic mass is 9.92. The zero-order valence-electron chi connectivity index (χ0n) is 9.47. The Labute approximate surface area is 109 Å². The molecule has 0 bridgehead atoms. The highest BCUT2D eigenvalue weighted by atomic mass is 79.9. The van der Waals surface area contributed by atoms with Gasteiger partial charge in [0.15, 0.2) is 0 Å². The molecule has 0 N–H and O–H groups in total. The van der Waals surface area contributed by atoms with Crippen LogP contribution < -0.4 is 0 Å². The number of aliphatic imine (C=N–C) groups is 1. The van der Waals surface area contributed by atoms with Gasteiger partial charge in [0.05, 0.1) is 33.2 Å². The van der Waals surface area contributed by atoms with Crippen LogP contribution in [-0.4, -0.2) is 21.3 Å². The Morgan fingerprint density at radius 3 is 3.00 bits per heavy atom. The van der Waals surface area contributed by atoms with Crippen LogP contribution in [-0.2, 0) is 0 Å². The van der Waals surface area contributed by atoms with Crippen LogP contribution in [0.25, 0.3) is 0 Å². The van der Waals surface area contributed by atoms with Crippen molar-refractivity contribution in [2.24, 2.45) is 4.99 Å². The maximum absolute atomic E-state index is 4.49. The number of pyridine rings is 1. The first-order chi connectivity index (χ1) is 8.25. The van der Waals surface area contributed by atoms with Gasteiger partial charge in [0.2, 0.25) is 0 Å². The maximum atomic E-state index is 4.49. The van der Waals surface area contributed by atoms with E-state index in [4.69, 9.17) is 0 Å². The summed E-state index contributed by atoms with van der Waals surface area (Å²) < 4.78 is 1.99. The molecule has 1 atom stereocenters. The van der Waals surface area contributed by atoms with Gasteiger partial charge in [-0.1, -0.05) is 12.1 Å². The van der Waals surface area contributed by atoms with Crippen molar-refractivity contribution in [3.8, 4) is 0 Å². The molecular formula is C13H12BrN3. The van der Waals surface area contributed by atoms with Gasteiger partial charge in [0.25, 0.3) is 0 Å². The fourth-order valence-electron chi connectivity index (χ4n) is 2.20. The second-order valence-electron chi connectivity index (χ2n) is 4.19. The molecule has 0 saturated heterocycles. The van der Waals surface area contributed by atoms with Crippen LogP contribution in [0, 0.1) is 0 Å². The van der Waals surface area contributed by atoms with Crippen molar-refractivity contribution >= 4 is 21.9 Å². The highest BCUT2D eigenvalue weighted by molar-refractivity contribution is 9.07. The quantitative estimate of drug-likeness (QED) is 0.744. The Kier molecular flexibility index (Phi) is 2.59. The number of rotatable bonds is 1. The number of aromatic nitrogens is 1. The lowest BCUT2D eigenvalue weighted by Crippen LogP contribution is -2.16. The average molecular weight is 290 g/mol. The minimum absolute atomic E-state index is 0.239. The molecule has 0 radical (unpaired) electrons. The molecule has 2 heterocycles. The zero-order valence-corrected chi connectivity index (χ0v) is 11.1. The van der Waals surface area contributed by atoms with Crippen LogP contribution in [0.5, 0.6) is 0 Å². The van der Waals surface area contributed by atoms with Crippen LogP contribution >= 0.6 is 16.1 Å². The third-order valence-corrected chi connectivity index (χ3v) is 3.63. The van der Waals surface area contributed by atoms with E-state index in [-0.39, 0.29) is 5.92 Å². The molecular weight excluding hydrogens is 278 g/mol. The Morgan fingerprint density at radius 1 is 1.35 bits per heavy atom. The van der Waals surface area contributed by atoms with E-state index < -0.39 is 0 Å². The summed E-state index contributed by atoms with van der Waals surface area (Å²) in [6.07, 6.45) is 6.26. The summed E-state index contributed by atoms with van der Waals surface area (Å²) in [5.74, 6) is 0.239. The molecule has 3 nitrogen and oxygen atoms in total. The summed E-state index contributed by atoms with van der Waals surface area (Å²) in [4.78, 5) is 8.90. The van der Waals surface area contributed by atoms with Crippen LogP contribution in [0.1, 0.15) is 18.5 Å². The Morgan fingerprint density at radius 2 is 2.24 bits per heavy atom. The molecule has 4 heteroatoms. The maximum Gasteiger partial charge on any atom is 0.121 e. The predicted molar refractivity (Wildman–Crippen MR) is 71.9 cm³/mol. The lowest BCUT2D eigenvalue weighted by molar-refractivity contribution is 0.667. The van der Waals surface area contributed by atoms with E-state index in [1.807, 2.05) is 22.3 Å².